The van der Waals surface area contributed by atoms with Crippen molar-refractivity contribution in [2.24, 2.45) is 17.4 Å². The monoisotopic (exact) mass is 345 g/mol. The highest BCUT2D eigenvalue weighted by molar-refractivity contribution is 7.15. The van der Waals surface area contributed by atoms with E-state index in [1.165, 1.54) is 50.2 Å². The molecule has 0 atom stereocenters. The van der Waals surface area contributed by atoms with Gasteiger partial charge in [-0.3, -0.25) is 4.79 Å². The standard InChI is InChI=1S/C12H14N2OS.C7H13N/c1-3-4-5-9(13)8(2)10-6-7-11(16-10)12(14)15;1-4-8-5-2-7(1)3-6-8/h3-7H,1,13H2,2H3,(H2,14,15);7H,1-6H2/b5-4-,9-8-;. The van der Waals surface area contributed by atoms with Gasteiger partial charge in [-0.05, 0) is 75.5 Å². The lowest BCUT2D eigenvalue weighted by Gasteiger charge is -2.38. The van der Waals surface area contributed by atoms with E-state index in [1.54, 1.807) is 24.3 Å². The molecule has 0 radical (unpaired) electrons. The quantitative estimate of drug-likeness (QED) is 0.822. The van der Waals surface area contributed by atoms with Crippen LogP contribution in [0, 0.1) is 5.92 Å². The first-order valence-electron chi connectivity index (χ1n) is 8.39. The van der Waals surface area contributed by atoms with Crippen LogP contribution in [0.4, 0.5) is 0 Å². The molecular weight excluding hydrogens is 318 g/mol. The van der Waals surface area contributed by atoms with Gasteiger partial charge in [-0.25, -0.2) is 0 Å². The molecule has 5 heteroatoms. The van der Waals surface area contributed by atoms with Crippen molar-refractivity contribution in [1.82, 2.24) is 4.90 Å². The Bertz CT molecular complexity index is 614. The Kier molecular flexibility index (Phi) is 6.82. The molecule has 3 fully saturated rings. The van der Waals surface area contributed by atoms with Crippen molar-refractivity contribution in [2.75, 3.05) is 19.6 Å². The Hall–Kier alpha value is -1.85. The number of carbonyl (C=O) groups is 1. The van der Waals surface area contributed by atoms with E-state index in [9.17, 15) is 4.79 Å². The SMILES string of the molecule is C1CN2CCC1CC2.C=C/C=C\C(N)=C(/C)c1ccc(C(N)=O)s1. The third kappa shape index (κ3) is 5.08. The smallest absolute Gasteiger partial charge is 0.258 e. The van der Waals surface area contributed by atoms with Crippen molar-refractivity contribution in [2.45, 2.75) is 26.2 Å². The topological polar surface area (TPSA) is 72.3 Å². The summed E-state index contributed by atoms with van der Waals surface area (Å²) in [4.78, 5) is 15.0. The zero-order valence-corrected chi connectivity index (χ0v) is 15.1. The molecular formula is C19H27N3OS. The second-order valence-electron chi connectivity index (χ2n) is 6.28. The highest BCUT2D eigenvalue weighted by Crippen LogP contribution is 2.26. The lowest BCUT2D eigenvalue weighted by molar-refractivity contribution is 0.100. The molecule has 4 heterocycles. The van der Waals surface area contributed by atoms with Crippen molar-refractivity contribution >= 4 is 22.8 Å². The highest BCUT2D eigenvalue weighted by Gasteiger charge is 2.24. The number of carbonyl (C=O) groups excluding carboxylic acids is 1. The summed E-state index contributed by atoms with van der Waals surface area (Å²) >= 11 is 1.34. The second-order valence-corrected chi connectivity index (χ2v) is 7.36. The molecule has 4 nitrogen and oxygen atoms in total. The molecule has 4 N–H and O–H groups in total. The lowest BCUT2D eigenvalue weighted by atomic mass is 9.89. The van der Waals surface area contributed by atoms with Gasteiger partial charge in [-0.1, -0.05) is 18.7 Å². The average molecular weight is 346 g/mol. The summed E-state index contributed by atoms with van der Waals surface area (Å²) in [7, 11) is 0. The normalized spacial score (nSPS) is 23.4. The summed E-state index contributed by atoms with van der Waals surface area (Å²) in [5.41, 5.74) is 12.6. The first kappa shape index (κ1) is 18.5. The summed E-state index contributed by atoms with van der Waals surface area (Å²) in [6, 6.07) is 3.55. The summed E-state index contributed by atoms with van der Waals surface area (Å²) in [5.74, 6) is 0.698. The molecule has 3 aliphatic heterocycles. The summed E-state index contributed by atoms with van der Waals surface area (Å²) in [6.45, 7) is 9.65. The van der Waals surface area contributed by atoms with E-state index in [4.69, 9.17) is 11.5 Å². The summed E-state index contributed by atoms with van der Waals surface area (Å²) in [6.07, 6.45) is 9.65. The molecule has 4 rings (SSSR count). The Balaban J connectivity index is 0.000000214. The molecule has 1 aromatic rings. The zero-order valence-electron chi connectivity index (χ0n) is 14.3. The van der Waals surface area contributed by atoms with E-state index in [0.29, 0.717) is 10.6 Å². The van der Waals surface area contributed by atoms with Gasteiger partial charge in [0.25, 0.3) is 5.91 Å². The minimum Gasteiger partial charge on any atom is -0.398 e. The number of thiophene rings is 1. The number of hydrogen-bond acceptors (Lipinski definition) is 4. The van der Waals surface area contributed by atoms with Gasteiger partial charge in [0.2, 0.25) is 0 Å². The van der Waals surface area contributed by atoms with Crippen LogP contribution in [0.3, 0.4) is 0 Å². The van der Waals surface area contributed by atoms with Crippen LogP contribution in [-0.2, 0) is 0 Å². The molecule has 3 saturated heterocycles. The van der Waals surface area contributed by atoms with Crippen molar-refractivity contribution in [3.63, 3.8) is 0 Å². The molecule has 2 bridgehead atoms. The molecule has 130 valence electrons. The molecule has 0 aliphatic carbocycles. The molecule has 0 aromatic carbocycles. The first-order valence-corrected chi connectivity index (χ1v) is 9.20. The van der Waals surface area contributed by atoms with E-state index in [0.717, 1.165) is 16.4 Å². The predicted molar refractivity (Wildman–Crippen MR) is 103 cm³/mol. The average Bonchev–Trinajstić information content (AvgIpc) is 3.11. The van der Waals surface area contributed by atoms with Crippen LogP contribution in [0.1, 0.15) is 40.7 Å². The first-order chi connectivity index (χ1) is 11.5. The number of primary amides is 1. The fraction of sp³-hybridized carbons (Fsp3) is 0.421. The largest absolute Gasteiger partial charge is 0.398 e. The minimum atomic E-state index is -0.413. The Labute approximate surface area is 148 Å². The summed E-state index contributed by atoms with van der Waals surface area (Å²) in [5, 5.41) is 0. The maximum Gasteiger partial charge on any atom is 0.258 e. The number of allylic oxidation sites excluding steroid dienone is 4. The number of amides is 1. The van der Waals surface area contributed by atoms with Crippen LogP contribution >= 0.6 is 11.3 Å². The predicted octanol–water partition coefficient (Wildman–Crippen LogP) is 3.38. The molecule has 1 aromatic heterocycles. The fourth-order valence-corrected chi connectivity index (χ4v) is 3.86. The van der Waals surface area contributed by atoms with Gasteiger partial charge < -0.3 is 16.4 Å². The van der Waals surface area contributed by atoms with Crippen LogP contribution in [0.25, 0.3) is 5.57 Å². The van der Waals surface area contributed by atoms with Crippen molar-refractivity contribution < 1.29 is 4.79 Å². The van der Waals surface area contributed by atoms with Gasteiger partial charge in [-0.15, -0.1) is 11.3 Å². The lowest BCUT2D eigenvalue weighted by Crippen LogP contribution is -2.41. The summed E-state index contributed by atoms with van der Waals surface area (Å²) < 4.78 is 0. The maximum absolute atomic E-state index is 10.9. The van der Waals surface area contributed by atoms with Gasteiger partial charge in [-0.2, -0.15) is 0 Å². The van der Waals surface area contributed by atoms with Crippen LogP contribution in [0.2, 0.25) is 0 Å². The molecule has 0 saturated carbocycles. The number of hydrogen-bond donors (Lipinski definition) is 2. The van der Waals surface area contributed by atoms with E-state index in [1.807, 2.05) is 13.0 Å². The number of nitrogens with zero attached hydrogens (tertiary/aromatic N) is 1. The van der Waals surface area contributed by atoms with Crippen molar-refractivity contribution in [3.8, 4) is 0 Å². The Morgan fingerprint density at radius 2 is 1.79 bits per heavy atom. The van der Waals surface area contributed by atoms with Gasteiger partial charge in [0.15, 0.2) is 0 Å². The van der Waals surface area contributed by atoms with Crippen LogP contribution < -0.4 is 11.5 Å². The van der Waals surface area contributed by atoms with Crippen molar-refractivity contribution in [1.29, 1.82) is 0 Å². The molecule has 0 spiro atoms. The number of rotatable bonds is 4. The third-order valence-electron chi connectivity index (χ3n) is 4.62. The third-order valence-corrected chi connectivity index (χ3v) is 5.84. The fourth-order valence-electron chi connectivity index (χ4n) is 2.97. The molecule has 24 heavy (non-hydrogen) atoms. The molecule has 0 unspecified atom stereocenters. The van der Waals surface area contributed by atoms with E-state index in [-0.39, 0.29) is 0 Å². The van der Waals surface area contributed by atoms with E-state index in [2.05, 4.69) is 11.5 Å². The highest BCUT2D eigenvalue weighted by atomic mass is 32.1. The van der Waals surface area contributed by atoms with Gasteiger partial charge in [0, 0.05) is 10.6 Å². The van der Waals surface area contributed by atoms with Gasteiger partial charge in [0.05, 0.1) is 4.88 Å². The van der Waals surface area contributed by atoms with Crippen LogP contribution in [0.5, 0.6) is 0 Å². The zero-order chi connectivity index (χ0) is 17.5. The minimum absolute atomic E-state index is 0.413. The van der Waals surface area contributed by atoms with E-state index >= 15 is 0 Å². The molecule has 1 amide bonds. The Morgan fingerprint density at radius 1 is 1.21 bits per heavy atom. The maximum atomic E-state index is 10.9. The van der Waals surface area contributed by atoms with Crippen LogP contribution in [-0.4, -0.2) is 30.4 Å². The second kappa shape index (κ2) is 8.85. The van der Waals surface area contributed by atoms with Crippen LogP contribution in [0.15, 0.2) is 42.6 Å². The van der Waals surface area contributed by atoms with Gasteiger partial charge in [0.1, 0.15) is 0 Å². The number of nitrogens with two attached hydrogens (primary N) is 2. The van der Waals surface area contributed by atoms with Gasteiger partial charge >= 0.3 is 0 Å². The van der Waals surface area contributed by atoms with E-state index < -0.39 is 5.91 Å². The number of fused-ring (bicyclic) bond motifs is 3. The molecule has 3 aliphatic rings. The number of piperidine rings is 3. The Morgan fingerprint density at radius 3 is 2.17 bits per heavy atom. The van der Waals surface area contributed by atoms with Crippen molar-refractivity contribution in [3.05, 3.63) is 52.4 Å².